The van der Waals surface area contributed by atoms with Gasteiger partial charge in [-0.25, -0.2) is 0 Å². The van der Waals surface area contributed by atoms with Gasteiger partial charge < -0.3 is 10.1 Å². The summed E-state index contributed by atoms with van der Waals surface area (Å²) in [7, 11) is 0. The summed E-state index contributed by atoms with van der Waals surface area (Å²) < 4.78 is 5.46. The van der Waals surface area contributed by atoms with E-state index in [1.54, 1.807) is 0 Å². The average Bonchev–Trinajstić information content (AvgIpc) is 2.52. The van der Waals surface area contributed by atoms with Gasteiger partial charge in [0.2, 0.25) is 0 Å². The molecule has 1 fully saturated rings. The molecule has 1 unspecified atom stereocenters. The fraction of sp³-hybridized carbons (Fsp3) is 0.706. The van der Waals surface area contributed by atoms with E-state index in [0.29, 0.717) is 6.04 Å². The van der Waals surface area contributed by atoms with Crippen LogP contribution in [-0.2, 0) is 11.2 Å². The number of aromatic nitrogens is 1. The topological polar surface area (TPSA) is 34.2 Å². The zero-order valence-corrected chi connectivity index (χ0v) is 12.7. The van der Waals surface area contributed by atoms with Crippen molar-refractivity contribution in [2.24, 2.45) is 5.92 Å². The molecule has 0 amide bonds. The molecule has 0 aliphatic carbocycles. The van der Waals surface area contributed by atoms with Gasteiger partial charge in [-0.1, -0.05) is 6.92 Å². The van der Waals surface area contributed by atoms with Gasteiger partial charge in [0.05, 0.1) is 0 Å². The maximum absolute atomic E-state index is 5.46. The number of aryl methyl sites for hydroxylation is 1. The van der Waals surface area contributed by atoms with E-state index in [0.717, 1.165) is 32.1 Å². The maximum Gasteiger partial charge on any atom is 0.0468 e. The first-order chi connectivity index (χ1) is 9.88. The molecule has 0 aromatic carbocycles. The molecule has 0 spiro atoms. The summed E-state index contributed by atoms with van der Waals surface area (Å²) in [5, 5.41) is 3.73. The number of pyridine rings is 1. The van der Waals surface area contributed by atoms with Crippen LogP contribution >= 0.6 is 0 Å². The normalized spacial score (nSPS) is 18.1. The molecule has 0 saturated carbocycles. The van der Waals surface area contributed by atoms with Gasteiger partial charge in [0.25, 0.3) is 0 Å². The van der Waals surface area contributed by atoms with Crippen molar-refractivity contribution in [2.45, 2.75) is 51.5 Å². The Labute approximate surface area is 123 Å². The van der Waals surface area contributed by atoms with Gasteiger partial charge >= 0.3 is 0 Å². The van der Waals surface area contributed by atoms with Crippen LogP contribution < -0.4 is 5.32 Å². The summed E-state index contributed by atoms with van der Waals surface area (Å²) in [4.78, 5) is 4.09. The van der Waals surface area contributed by atoms with Crippen molar-refractivity contribution in [3.63, 3.8) is 0 Å². The van der Waals surface area contributed by atoms with Crippen LogP contribution in [0, 0.1) is 5.92 Å². The Balaban J connectivity index is 1.79. The van der Waals surface area contributed by atoms with E-state index in [4.69, 9.17) is 4.74 Å². The monoisotopic (exact) mass is 276 g/mol. The molecule has 20 heavy (non-hydrogen) atoms. The lowest BCUT2D eigenvalue weighted by Gasteiger charge is -2.27. The number of hydrogen-bond donors (Lipinski definition) is 1. The van der Waals surface area contributed by atoms with Crippen LogP contribution in [0.2, 0.25) is 0 Å². The molecule has 1 N–H and O–H groups in total. The highest BCUT2D eigenvalue weighted by Gasteiger charge is 2.18. The van der Waals surface area contributed by atoms with Crippen molar-refractivity contribution in [3.05, 3.63) is 30.1 Å². The third-order valence-electron chi connectivity index (χ3n) is 4.17. The van der Waals surface area contributed by atoms with Crippen LogP contribution in [0.3, 0.4) is 0 Å². The SMILES string of the molecule is CCCNC(CCc1ccncc1)CC1CCOCC1. The van der Waals surface area contributed by atoms with Crippen LogP contribution in [0.25, 0.3) is 0 Å². The Morgan fingerprint density at radius 1 is 1.30 bits per heavy atom. The van der Waals surface area contributed by atoms with Gasteiger partial charge in [-0.2, -0.15) is 0 Å². The highest BCUT2D eigenvalue weighted by molar-refractivity contribution is 5.09. The minimum atomic E-state index is 0.645. The van der Waals surface area contributed by atoms with Crippen LogP contribution in [0.4, 0.5) is 0 Å². The summed E-state index contributed by atoms with van der Waals surface area (Å²) in [6, 6.07) is 4.91. The van der Waals surface area contributed by atoms with Crippen molar-refractivity contribution < 1.29 is 4.74 Å². The minimum absolute atomic E-state index is 0.645. The molecule has 1 atom stereocenters. The standard InChI is InChI=1S/C17H28N2O/c1-2-9-19-17(14-16-7-12-20-13-8-16)4-3-15-5-10-18-11-6-15/h5-6,10-11,16-17,19H,2-4,7-9,12-14H2,1H3. The van der Waals surface area contributed by atoms with Crippen LogP contribution in [0.15, 0.2) is 24.5 Å². The molecule has 2 rings (SSSR count). The molecule has 3 nitrogen and oxygen atoms in total. The van der Waals surface area contributed by atoms with Crippen molar-refractivity contribution in [2.75, 3.05) is 19.8 Å². The minimum Gasteiger partial charge on any atom is -0.381 e. The van der Waals surface area contributed by atoms with Gasteiger partial charge in [0.15, 0.2) is 0 Å². The van der Waals surface area contributed by atoms with Gasteiger partial charge in [-0.3, -0.25) is 4.98 Å². The molecule has 0 radical (unpaired) electrons. The van der Waals surface area contributed by atoms with Gasteiger partial charge in [0.1, 0.15) is 0 Å². The highest BCUT2D eigenvalue weighted by Crippen LogP contribution is 2.22. The molecule has 1 aliphatic heterocycles. The third kappa shape index (κ3) is 5.59. The van der Waals surface area contributed by atoms with E-state index in [1.165, 1.54) is 37.7 Å². The lowest BCUT2D eigenvalue weighted by molar-refractivity contribution is 0.0602. The van der Waals surface area contributed by atoms with Crippen LogP contribution in [-0.4, -0.2) is 30.8 Å². The smallest absolute Gasteiger partial charge is 0.0468 e. The number of nitrogens with one attached hydrogen (secondary N) is 1. The van der Waals surface area contributed by atoms with Gasteiger partial charge in [-0.05, 0) is 68.7 Å². The fourth-order valence-electron chi connectivity index (χ4n) is 2.93. The van der Waals surface area contributed by atoms with E-state index >= 15 is 0 Å². The van der Waals surface area contributed by atoms with Gasteiger partial charge in [0, 0.05) is 31.6 Å². The van der Waals surface area contributed by atoms with Crippen molar-refractivity contribution in [1.82, 2.24) is 10.3 Å². The Morgan fingerprint density at radius 2 is 2.05 bits per heavy atom. The maximum atomic E-state index is 5.46. The summed E-state index contributed by atoms with van der Waals surface area (Å²) in [6.07, 6.45) is 11.1. The molecule has 1 saturated heterocycles. The molecule has 112 valence electrons. The third-order valence-corrected chi connectivity index (χ3v) is 4.17. The summed E-state index contributed by atoms with van der Waals surface area (Å²) in [6.45, 7) is 5.27. The molecule has 3 heteroatoms. The fourth-order valence-corrected chi connectivity index (χ4v) is 2.93. The zero-order chi connectivity index (χ0) is 14.0. The average molecular weight is 276 g/mol. The summed E-state index contributed by atoms with van der Waals surface area (Å²) in [5.74, 6) is 0.843. The Kier molecular flexibility index (Phi) is 7.02. The van der Waals surface area contributed by atoms with Gasteiger partial charge in [-0.15, -0.1) is 0 Å². The number of hydrogen-bond acceptors (Lipinski definition) is 3. The number of rotatable bonds is 8. The second-order valence-electron chi connectivity index (χ2n) is 5.84. The highest BCUT2D eigenvalue weighted by atomic mass is 16.5. The quantitative estimate of drug-likeness (QED) is 0.791. The second kappa shape index (κ2) is 9.09. The molecule has 2 heterocycles. The van der Waals surface area contributed by atoms with E-state index in [1.807, 2.05) is 12.4 Å². The van der Waals surface area contributed by atoms with E-state index in [2.05, 4.69) is 29.4 Å². The van der Waals surface area contributed by atoms with Crippen LogP contribution in [0.5, 0.6) is 0 Å². The lowest BCUT2D eigenvalue weighted by atomic mass is 9.90. The first-order valence-electron chi connectivity index (χ1n) is 8.08. The Bertz CT molecular complexity index is 349. The van der Waals surface area contributed by atoms with Crippen molar-refractivity contribution in [1.29, 1.82) is 0 Å². The largest absolute Gasteiger partial charge is 0.381 e. The number of ether oxygens (including phenoxy) is 1. The zero-order valence-electron chi connectivity index (χ0n) is 12.7. The molecule has 1 aliphatic rings. The Morgan fingerprint density at radius 3 is 2.75 bits per heavy atom. The summed E-state index contributed by atoms with van der Waals surface area (Å²) >= 11 is 0. The second-order valence-corrected chi connectivity index (χ2v) is 5.84. The van der Waals surface area contributed by atoms with E-state index in [9.17, 15) is 0 Å². The first kappa shape index (κ1) is 15.5. The predicted molar refractivity (Wildman–Crippen MR) is 82.8 cm³/mol. The number of nitrogens with zero attached hydrogens (tertiary/aromatic N) is 1. The van der Waals surface area contributed by atoms with E-state index in [-0.39, 0.29) is 0 Å². The lowest BCUT2D eigenvalue weighted by Crippen LogP contribution is -2.33. The Hall–Kier alpha value is -0.930. The molecule has 1 aromatic heterocycles. The van der Waals surface area contributed by atoms with Crippen molar-refractivity contribution >= 4 is 0 Å². The molecule has 1 aromatic rings. The molecular weight excluding hydrogens is 248 g/mol. The molecular formula is C17H28N2O. The van der Waals surface area contributed by atoms with Crippen molar-refractivity contribution in [3.8, 4) is 0 Å². The van der Waals surface area contributed by atoms with E-state index < -0.39 is 0 Å². The molecule has 0 bridgehead atoms. The first-order valence-corrected chi connectivity index (χ1v) is 8.08. The summed E-state index contributed by atoms with van der Waals surface area (Å²) in [5.41, 5.74) is 1.40. The predicted octanol–water partition coefficient (Wildman–Crippen LogP) is 3.20. The van der Waals surface area contributed by atoms with Crippen LogP contribution in [0.1, 0.15) is 44.6 Å².